The fourth-order valence-corrected chi connectivity index (χ4v) is 3.45. The van der Waals surface area contributed by atoms with E-state index in [0.29, 0.717) is 5.02 Å². The van der Waals surface area contributed by atoms with Crippen LogP contribution in [-0.2, 0) is 4.79 Å². The van der Waals surface area contributed by atoms with Crippen LogP contribution in [0.15, 0.2) is 66.2 Å². The minimum atomic E-state index is -0.389. The third-order valence-corrected chi connectivity index (χ3v) is 5.12. The van der Waals surface area contributed by atoms with E-state index in [1.807, 2.05) is 87.5 Å². The van der Waals surface area contributed by atoms with Gasteiger partial charge in [-0.15, -0.1) is 0 Å². The molecule has 1 N–H and O–H groups in total. The number of carbonyl (C=O) groups excluding carboxylic acids is 1. The van der Waals surface area contributed by atoms with Crippen LogP contribution < -0.4 is 5.32 Å². The van der Waals surface area contributed by atoms with Crippen molar-refractivity contribution in [3.8, 4) is 11.8 Å². The van der Waals surface area contributed by atoms with Gasteiger partial charge in [-0.05, 0) is 68.3 Å². The molecule has 0 radical (unpaired) electrons. The number of aromatic nitrogens is 1. The maximum absolute atomic E-state index is 12.6. The van der Waals surface area contributed by atoms with E-state index in [1.165, 1.54) is 0 Å². The van der Waals surface area contributed by atoms with E-state index in [2.05, 4.69) is 9.88 Å². The van der Waals surface area contributed by atoms with Crippen LogP contribution in [0.25, 0.3) is 11.8 Å². The molecular formula is C24H22ClN3O. The highest BCUT2D eigenvalue weighted by atomic mass is 35.5. The Morgan fingerprint density at radius 3 is 2.41 bits per heavy atom. The van der Waals surface area contributed by atoms with E-state index in [1.54, 1.807) is 6.08 Å². The molecule has 3 aromatic rings. The number of nitrogens with zero attached hydrogens (tertiary/aromatic N) is 2. The Balaban J connectivity index is 1.88. The first-order chi connectivity index (χ1) is 13.9. The molecule has 0 unspecified atom stereocenters. The van der Waals surface area contributed by atoms with Crippen molar-refractivity contribution in [1.29, 1.82) is 5.26 Å². The number of aryl methyl sites for hydroxylation is 1. The number of halogens is 1. The summed E-state index contributed by atoms with van der Waals surface area (Å²) >= 11 is 5.99. The van der Waals surface area contributed by atoms with Gasteiger partial charge in [0.05, 0.1) is 6.04 Å². The van der Waals surface area contributed by atoms with Crippen molar-refractivity contribution in [2.45, 2.75) is 26.8 Å². The molecule has 4 nitrogen and oxygen atoms in total. The van der Waals surface area contributed by atoms with Crippen molar-refractivity contribution in [2.24, 2.45) is 0 Å². The summed E-state index contributed by atoms with van der Waals surface area (Å²) in [4.78, 5) is 12.6. The molecule has 29 heavy (non-hydrogen) atoms. The van der Waals surface area contributed by atoms with Gasteiger partial charge in [-0.25, -0.2) is 0 Å². The third kappa shape index (κ3) is 4.59. The molecule has 1 amide bonds. The van der Waals surface area contributed by atoms with Crippen molar-refractivity contribution < 1.29 is 4.79 Å². The van der Waals surface area contributed by atoms with Crippen LogP contribution in [-0.4, -0.2) is 10.5 Å². The Morgan fingerprint density at radius 2 is 1.79 bits per heavy atom. The third-order valence-electron chi connectivity index (χ3n) is 4.87. The molecule has 0 aliphatic rings. The minimum absolute atomic E-state index is 0.0733. The van der Waals surface area contributed by atoms with E-state index in [4.69, 9.17) is 11.6 Å². The van der Waals surface area contributed by atoms with Gasteiger partial charge >= 0.3 is 0 Å². The van der Waals surface area contributed by atoms with Crippen LogP contribution >= 0.6 is 11.6 Å². The van der Waals surface area contributed by atoms with Gasteiger partial charge < -0.3 is 9.88 Å². The number of benzene rings is 2. The molecule has 146 valence electrons. The van der Waals surface area contributed by atoms with E-state index < -0.39 is 0 Å². The van der Waals surface area contributed by atoms with Crippen molar-refractivity contribution >= 4 is 23.6 Å². The zero-order valence-corrected chi connectivity index (χ0v) is 17.4. The van der Waals surface area contributed by atoms with Gasteiger partial charge in [0.2, 0.25) is 0 Å². The van der Waals surface area contributed by atoms with Crippen molar-refractivity contribution in [1.82, 2.24) is 9.88 Å². The van der Waals surface area contributed by atoms with E-state index in [-0.39, 0.29) is 17.5 Å². The Bertz CT molecular complexity index is 1090. The summed E-state index contributed by atoms with van der Waals surface area (Å²) in [7, 11) is 0. The average molecular weight is 404 g/mol. The van der Waals surface area contributed by atoms with Gasteiger partial charge in [0.25, 0.3) is 5.91 Å². The SMILES string of the molecule is Cc1cc(/C=C(\C#N)C(=O)N[C@@H](C)c2ccccc2)c(C)n1-c1ccc(Cl)cc1. The fourth-order valence-electron chi connectivity index (χ4n) is 3.32. The summed E-state index contributed by atoms with van der Waals surface area (Å²) < 4.78 is 2.07. The summed E-state index contributed by atoms with van der Waals surface area (Å²) in [6, 6.07) is 21.0. The number of nitrogens with one attached hydrogen (secondary N) is 1. The lowest BCUT2D eigenvalue weighted by atomic mass is 10.1. The lowest BCUT2D eigenvalue weighted by Gasteiger charge is -2.13. The number of hydrogen-bond acceptors (Lipinski definition) is 2. The van der Waals surface area contributed by atoms with E-state index >= 15 is 0 Å². The van der Waals surface area contributed by atoms with Crippen LogP contribution in [0.1, 0.15) is 35.5 Å². The normalized spacial score (nSPS) is 12.3. The van der Waals surface area contributed by atoms with E-state index in [9.17, 15) is 10.1 Å². The smallest absolute Gasteiger partial charge is 0.262 e. The Hall–Kier alpha value is -3.29. The summed E-state index contributed by atoms with van der Waals surface area (Å²) in [6.45, 7) is 5.85. The molecule has 3 rings (SSSR count). The lowest BCUT2D eigenvalue weighted by Crippen LogP contribution is -2.27. The standard InChI is InChI=1S/C24H22ClN3O/c1-16-13-20(18(3)28(16)23-11-9-22(25)10-12-23)14-21(15-26)24(29)27-17(2)19-7-5-4-6-8-19/h4-14,17H,1-3H3,(H,27,29)/b21-14+/t17-/m0/s1. The molecule has 2 aromatic carbocycles. The van der Waals surface area contributed by atoms with Gasteiger partial charge in [-0.2, -0.15) is 5.26 Å². The number of hydrogen-bond donors (Lipinski definition) is 1. The van der Waals surface area contributed by atoms with Crippen molar-refractivity contribution in [3.63, 3.8) is 0 Å². The number of rotatable bonds is 5. The molecule has 1 heterocycles. The molecule has 1 atom stereocenters. The monoisotopic (exact) mass is 403 g/mol. The first kappa shape index (κ1) is 20.4. The van der Waals surface area contributed by atoms with Crippen LogP contribution in [0, 0.1) is 25.2 Å². The van der Waals surface area contributed by atoms with E-state index in [0.717, 1.165) is 28.2 Å². The second kappa shape index (κ2) is 8.81. The molecule has 0 aliphatic heterocycles. The van der Waals surface area contributed by atoms with Crippen LogP contribution in [0.2, 0.25) is 5.02 Å². The fraction of sp³-hybridized carbons (Fsp3) is 0.167. The molecule has 0 saturated heterocycles. The summed E-state index contributed by atoms with van der Waals surface area (Å²) in [5.41, 5.74) is 4.82. The quantitative estimate of drug-likeness (QED) is 0.449. The Morgan fingerprint density at radius 1 is 1.14 bits per heavy atom. The van der Waals surface area contributed by atoms with Crippen LogP contribution in [0.4, 0.5) is 0 Å². The molecule has 1 aromatic heterocycles. The zero-order chi connectivity index (χ0) is 21.0. The number of nitriles is 1. The van der Waals surface area contributed by atoms with Crippen molar-refractivity contribution in [3.05, 3.63) is 93.8 Å². The van der Waals surface area contributed by atoms with Gasteiger partial charge in [0, 0.05) is 22.1 Å². The zero-order valence-electron chi connectivity index (χ0n) is 16.6. The Labute approximate surface area is 176 Å². The highest BCUT2D eigenvalue weighted by Crippen LogP contribution is 2.24. The van der Waals surface area contributed by atoms with Crippen LogP contribution in [0.5, 0.6) is 0 Å². The largest absolute Gasteiger partial charge is 0.345 e. The summed E-state index contributed by atoms with van der Waals surface area (Å²) in [5.74, 6) is -0.389. The molecule has 0 bridgehead atoms. The Kier molecular flexibility index (Phi) is 6.21. The highest BCUT2D eigenvalue weighted by molar-refractivity contribution is 6.30. The predicted octanol–water partition coefficient (Wildman–Crippen LogP) is 5.53. The number of amides is 1. The minimum Gasteiger partial charge on any atom is -0.345 e. The highest BCUT2D eigenvalue weighted by Gasteiger charge is 2.16. The summed E-state index contributed by atoms with van der Waals surface area (Å²) in [6.07, 6.45) is 1.64. The van der Waals surface area contributed by atoms with Crippen LogP contribution in [0.3, 0.4) is 0 Å². The maximum atomic E-state index is 12.6. The van der Waals surface area contributed by atoms with Gasteiger partial charge in [0.15, 0.2) is 0 Å². The first-order valence-corrected chi connectivity index (χ1v) is 9.71. The molecule has 0 aliphatic carbocycles. The number of carbonyl (C=O) groups is 1. The molecule has 0 spiro atoms. The van der Waals surface area contributed by atoms with Gasteiger partial charge in [0.1, 0.15) is 11.6 Å². The van der Waals surface area contributed by atoms with Gasteiger partial charge in [-0.1, -0.05) is 41.9 Å². The first-order valence-electron chi connectivity index (χ1n) is 9.33. The maximum Gasteiger partial charge on any atom is 0.262 e. The van der Waals surface area contributed by atoms with Gasteiger partial charge in [-0.3, -0.25) is 4.79 Å². The predicted molar refractivity (Wildman–Crippen MR) is 117 cm³/mol. The average Bonchev–Trinajstić information content (AvgIpc) is 3.00. The molecule has 5 heteroatoms. The lowest BCUT2D eigenvalue weighted by molar-refractivity contribution is -0.117. The molecule has 0 saturated carbocycles. The topological polar surface area (TPSA) is 57.8 Å². The molecule has 0 fully saturated rings. The van der Waals surface area contributed by atoms with Crippen molar-refractivity contribution in [2.75, 3.05) is 0 Å². The molecular weight excluding hydrogens is 382 g/mol. The summed E-state index contributed by atoms with van der Waals surface area (Å²) in [5, 5.41) is 13.1. The second-order valence-electron chi connectivity index (χ2n) is 6.91. The second-order valence-corrected chi connectivity index (χ2v) is 7.35.